The van der Waals surface area contributed by atoms with Crippen LogP contribution in [0.25, 0.3) is 0 Å². The number of oxazole rings is 1. The molecule has 1 aliphatic carbocycles. The Labute approximate surface area is 87.5 Å². The molecule has 1 aromatic rings. The minimum Gasteiger partial charge on any atom is -0.481 e. The summed E-state index contributed by atoms with van der Waals surface area (Å²) in [5.74, 6) is -0.850. The molecule has 15 heavy (non-hydrogen) atoms. The summed E-state index contributed by atoms with van der Waals surface area (Å²) in [4.78, 5) is 14.7. The highest BCUT2D eigenvalue weighted by Crippen LogP contribution is 2.26. The molecule has 1 saturated carbocycles. The van der Waals surface area contributed by atoms with Crippen molar-refractivity contribution >= 4 is 12.0 Å². The van der Waals surface area contributed by atoms with Gasteiger partial charge in [0.05, 0.1) is 12.1 Å². The lowest BCUT2D eigenvalue weighted by molar-refractivity contribution is -0.142. The molecule has 82 valence electrons. The van der Waals surface area contributed by atoms with Crippen molar-refractivity contribution in [1.29, 1.82) is 0 Å². The fourth-order valence-electron chi connectivity index (χ4n) is 1.95. The number of aliphatic carboxylic acids is 1. The summed E-state index contributed by atoms with van der Waals surface area (Å²) in [5, 5.41) is 12.0. The van der Waals surface area contributed by atoms with Crippen LogP contribution in [-0.4, -0.2) is 22.1 Å². The lowest BCUT2D eigenvalue weighted by Gasteiger charge is -2.26. The second-order valence-electron chi connectivity index (χ2n) is 3.87. The van der Waals surface area contributed by atoms with Crippen LogP contribution in [0, 0.1) is 5.92 Å². The predicted octanol–water partition coefficient (Wildman–Crippen LogP) is 1.73. The molecule has 0 amide bonds. The number of nitrogens with one attached hydrogen (secondary N) is 1. The summed E-state index contributed by atoms with van der Waals surface area (Å²) in [6.45, 7) is 0. The maximum absolute atomic E-state index is 10.7. The van der Waals surface area contributed by atoms with Crippen LogP contribution in [0.5, 0.6) is 0 Å². The Balaban J connectivity index is 1.81. The van der Waals surface area contributed by atoms with Crippen molar-refractivity contribution in [2.45, 2.75) is 31.7 Å². The highest BCUT2D eigenvalue weighted by atomic mass is 16.4. The molecule has 5 nitrogen and oxygen atoms in total. The van der Waals surface area contributed by atoms with E-state index in [-0.39, 0.29) is 5.92 Å². The standard InChI is InChI=1S/C10H14N2O3/c13-9(14)7-1-3-8(4-2-7)12-10-11-5-6-15-10/h5-8H,1-4H2,(H,11,12)(H,13,14). The van der Waals surface area contributed by atoms with Gasteiger partial charge in [-0.2, -0.15) is 0 Å². The number of hydrogen-bond acceptors (Lipinski definition) is 4. The van der Waals surface area contributed by atoms with E-state index >= 15 is 0 Å². The summed E-state index contributed by atoms with van der Waals surface area (Å²) in [7, 11) is 0. The van der Waals surface area contributed by atoms with E-state index in [4.69, 9.17) is 9.52 Å². The summed E-state index contributed by atoms with van der Waals surface area (Å²) >= 11 is 0. The predicted molar refractivity (Wildman–Crippen MR) is 53.5 cm³/mol. The number of carboxylic acids is 1. The number of carboxylic acid groups (broad SMARTS) is 1. The molecule has 2 N–H and O–H groups in total. The van der Waals surface area contributed by atoms with Crippen molar-refractivity contribution in [3.63, 3.8) is 0 Å². The van der Waals surface area contributed by atoms with Gasteiger partial charge in [0.15, 0.2) is 0 Å². The quantitative estimate of drug-likeness (QED) is 0.794. The molecule has 0 aliphatic heterocycles. The van der Waals surface area contributed by atoms with Gasteiger partial charge >= 0.3 is 5.97 Å². The van der Waals surface area contributed by atoms with Crippen molar-refractivity contribution < 1.29 is 14.3 Å². The zero-order valence-corrected chi connectivity index (χ0v) is 8.35. The molecule has 0 radical (unpaired) electrons. The van der Waals surface area contributed by atoms with Crippen LogP contribution in [0.4, 0.5) is 6.01 Å². The minimum absolute atomic E-state index is 0.174. The SMILES string of the molecule is O=C(O)C1CCC(Nc2ncco2)CC1. The van der Waals surface area contributed by atoms with E-state index < -0.39 is 5.97 Å². The van der Waals surface area contributed by atoms with E-state index in [1.165, 1.54) is 6.26 Å². The summed E-state index contributed by atoms with van der Waals surface area (Å²) in [6, 6.07) is 0.813. The first-order valence-electron chi connectivity index (χ1n) is 5.14. The Hall–Kier alpha value is -1.52. The Kier molecular flexibility index (Phi) is 2.89. The molecule has 1 fully saturated rings. The van der Waals surface area contributed by atoms with E-state index in [9.17, 15) is 4.79 Å². The van der Waals surface area contributed by atoms with E-state index in [0.29, 0.717) is 12.1 Å². The third-order valence-electron chi connectivity index (χ3n) is 2.84. The molecule has 2 rings (SSSR count). The smallest absolute Gasteiger partial charge is 0.306 e. The summed E-state index contributed by atoms with van der Waals surface area (Å²) in [5.41, 5.74) is 0. The van der Waals surface area contributed by atoms with Crippen LogP contribution < -0.4 is 5.32 Å². The van der Waals surface area contributed by atoms with Gasteiger partial charge < -0.3 is 14.8 Å². The lowest BCUT2D eigenvalue weighted by Crippen LogP contribution is -2.29. The zero-order chi connectivity index (χ0) is 10.7. The molecule has 0 atom stereocenters. The average molecular weight is 210 g/mol. The van der Waals surface area contributed by atoms with Crippen LogP contribution in [0.2, 0.25) is 0 Å². The van der Waals surface area contributed by atoms with Crippen LogP contribution in [0.1, 0.15) is 25.7 Å². The number of nitrogens with zero attached hydrogens (tertiary/aromatic N) is 1. The third kappa shape index (κ3) is 2.49. The monoisotopic (exact) mass is 210 g/mol. The van der Waals surface area contributed by atoms with Crippen molar-refractivity contribution in [3.8, 4) is 0 Å². The largest absolute Gasteiger partial charge is 0.481 e. The van der Waals surface area contributed by atoms with E-state index in [1.54, 1.807) is 6.20 Å². The fraction of sp³-hybridized carbons (Fsp3) is 0.600. The Morgan fingerprint density at radius 1 is 1.47 bits per heavy atom. The molecule has 0 spiro atoms. The van der Waals surface area contributed by atoms with Crippen molar-refractivity contribution in [2.75, 3.05) is 5.32 Å². The normalized spacial score (nSPS) is 26.1. The first kappa shape index (κ1) is 10.0. The molecule has 1 heterocycles. The lowest BCUT2D eigenvalue weighted by atomic mass is 9.86. The van der Waals surface area contributed by atoms with E-state index in [0.717, 1.165) is 25.7 Å². The highest BCUT2D eigenvalue weighted by molar-refractivity contribution is 5.70. The van der Waals surface area contributed by atoms with Crippen LogP contribution in [0.3, 0.4) is 0 Å². The molecule has 0 aromatic carbocycles. The summed E-state index contributed by atoms with van der Waals surface area (Å²) in [6.07, 6.45) is 6.29. The first-order chi connectivity index (χ1) is 7.25. The van der Waals surface area contributed by atoms with Gasteiger partial charge in [0.1, 0.15) is 6.26 Å². The molecule has 1 aliphatic rings. The highest BCUT2D eigenvalue weighted by Gasteiger charge is 2.26. The van der Waals surface area contributed by atoms with E-state index in [2.05, 4.69) is 10.3 Å². The number of anilines is 1. The topological polar surface area (TPSA) is 75.4 Å². The Morgan fingerprint density at radius 3 is 2.73 bits per heavy atom. The Morgan fingerprint density at radius 2 is 2.20 bits per heavy atom. The Bertz CT molecular complexity index is 315. The van der Waals surface area contributed by atoms with Gasteiger partial charge in [-0.1, -0.05) is 0 Å². The van der Waals surface area contributed by atoms with Gasteiger partial charge in [0.2, 0.25) is 0 Å². The average Bonchev–Trinajstić information content (AvgIpc) is 2.71. The van der Waals surface area contributed by atoms with Gasteiger partial charge in [-0.3, -0.25) is 4.79 Å². The number of carbonyl (C=O) groups is 1. The number of rotatable bonds is 3. The second kappa shape index (κ2) is 4.33. The second-order valence-corrected chi connectivity index (χ2v) is 3.87. The molecule has 0 saturated heterocycles. The molecular formula is C10H14N2O3. The van der Waals surface area contributed by atoms with Crippen LogP contribution in [0.15, 0.2) is 16.9 Å². The van der Waals surface area contributed by atoms with Crippen LogP contribution >= 0.6 is 0 Å². The van der Waals surface area contributed by atoms with Gasteiger partial charge in [-0.15, -0.1) is 0 Å². The molecule has 0 bridgehead atoms. The fourth-order valence-corrected chi connectivity index (χ4v) is 1.95. The maximum Gasteiger partial charge on any atom is 0.306 e. The number of hydrogen-bond donors (Lipinski definition) is 2. The van der Waals surface area contributed by atoms with E-state index in [1.807, 2.05) is 0 Å². The van der Waals surface area contributed by atoms with Gasteiger partial charge in [-0.05, 0) is 25.7 Å². The van der Waals surface area contributed by atoms with Crippen molar-refractivity contribution in [3.05, 3.63) is 12.5 Å². The molecule has 5 heteroatoms. The van der Waals surface area contributed by atoms with Gasteiger partial charge in [0, 0.05) is 6.04 Å². The minimum atomic E-state index is -0.676. The van der Waals surface area contributed by atoms with Crippen LogP contribution in [-0.2, 0) is 4.79 Å². The van der Waals surface area contributed by atoms with Gasteiger partial charge in [-0.25, -0.2) is 4.98 Å². The third-order valence-corrected chi connectivity index (χ3v) is 2.84. The van der Waals surface area contributed by atoms with Crippen molar-refractivity contribution in [2.24, 2.45) is 5.92 Å². The van der Waals surface area contributed by atoms with Crippen molar-refractivity contribution in [1.82, 2.24) is 4.98 Å². The first-order valence-corrected chi connectivity index (χ1v) is 5.14. The molecular weight excluding hydrogens is 196 g/mol. The summed E-state index contributed by atoms with van der Waals surface area (Å²) < 4.78 is 5.07. The number of aromatic nitrogens is 1. The zero-order valence-electron chi connectivity index (χ0n) is 8.35. The molecule has 0 unspecified atom stereocenters. The molecule has 1 aromatic heterocycles. The van der Waals surface area contributed by atoms with Gasteiger partial charge in [0.25, 0.3) is 6.01 Å². The maximum atomic E-state index is 10.7.